The van der Waals surface area contributed by atoms with Gasteiger partial charge in [0.05, 0.1) is 4.90 Å². The van der Waals surface area contributed by atoms with Crippen molar-refractivity contribution in [2.75, 3.05) is 6.54 Å². The van der Waals surface area contributed by atoms with Gasteiger partial charge in [0.25, 0.3) is 0 Å². The minimum atomic E-state index is -3.44. The Morgan fingerprint density at radius 2 is 1.81 bits per heavy atom. The molecule has 1 aromatic rings. The van der Waals surface area contributed by atoms with Crippen LogP contribution in [0.5, 0.6) is 0 Å². The van der Waals surface area contributed by atoms with E-state index in [0.29, 0.717) is 18.0 Å². The van der Waals surface area contributed by atoms with E-state index in [9.17, 15) is 8.42 Å². The molecular weight excluding hydrogens is 304 g/mol. The van der Waals surface area contributed by atoms with Crippen LogP contribution >= 0.6 is 12.2 Å². The highest BCUT2D eigenvalue weighted by molar-refractivity contribution is 7.89. The molecule has 6 heteroatoms. The Morgan fingerprint density at radius 1 is 1.19 bits per heavy atom. The zero-order valence-corrected chi connectivity index (χ0v) is 13.7. The SMILES string of the molecule is NC(=S)c1ccc(S(=O)(=O)NCCC2CCCCC2)cc1. The quantitative estimate of drug-likeness (QED) is 0.788. The minimum absolute atomic E-state index is 0.256. The van der Waals surface area contributed by atoms with Crippen molar-refractivity contribution in [3.8, 4) is 0 Å². The predicted octanol–water partition coefficient (Wildman–Crippen LogP) is 2.57. The lowest BCUT2D eigenvalue weighted by molar-refractivity contribution is 0.339. The molecule has 1 saturated carbocycles. The number of benzene rings is 1. The van der Waals surface area contributed by atoms with Gasteiger partial charge in [-0.25, -0.2) is 13.1 Å². The van der Waals surface area contributed by atoms with E-state index in [1.807, 2.05) is 0 Å². The van der Waals surface area contributed by atoms with Crippen LogP contribution in [0.15, 0.2) is 29.2 Å². The van der Waals surface area contributed by atoms with Gasteiger partial charge in [0.1, 0.15) is 4.99 Å². The standard InChI is InChI=1S/C15H22N2O2S2/c16-15(20)13-6-8-14(9-7-13)21(18,19)17-11-10-12-4-2-1-3-5-12/h6-9,12,17H,1-5,10-11H2,(H2,16,20). The highest BCUT2D eigenvalue weighted by Gasteiger charge is 2.16. The zero-order chi connectivity index (χ0) is 15.3. The number of sulfonamides is 1. The summed E-state index contributed by atoms with van der Waals surface area (Å²) in [4.78, 5) is 0.523. The van der Waals surface area contributed by atoms with Crippen LogP contribution in [0.4, 0.5) is 0 Å². The fourth-order valence-electron chi connectivity index (χ4n) is 2.75. The largest absolute Gasteiger partial charge is 0.389 e. The van der Waals surface area contributed by atoms with Gasteiger partial charge in [-0.1, -0.05) is 56.5 Å². The Bertz CT molecular complexity index is 576. The molecule has 0 unspecified atom stereocenters. The normalized spacial score (nSPS) is 16.8. The average Bonchev–Trinajstić information content (AvgIpc) is 2.48. The fraction of sp³-hybridized carbons (Fsp3) is 0.533. The summed E-state index contributed by atoms with van der Waals surface area (Å²) in [5.74, 6) is 0.665. The van der Waals surface area contributed by atoms with Crippen LogP contribution in [-0.2, 0) is 10.0 Å². The molecule has 1 fully saturated rings. The first-order valence-corrected chi connectivity index (χ1v) is 9.28. The van der Waals surface area contributed by atoms with Gasteiger partial charge in [-0.3, -0.25) is 0 Å². The number of rotatable bonds is 6. The van der Waals surface area contributed by atoms with E-state index in [2.05, 4.69) is 4.72 Å². The number of nitrogens with two attached hydrogens (primary N) is 1. The van der Waals surface area contributed by atoms with Crippen LogP contribution in [0, 0.1) is 5.92 Å². The van der Waals surface area contributed by atoms with Crippen molar-refractivity contribution in [2.45, 2.75) is 43.4 Å². The number of hydrogen-bond donors (Lipinski definition) is 2. The van der Waals surface area contributed by atoms with Crippen LogP contribution in [0.1, 0.15) is 44.1 Å². The summed E-state index contributed by atoms with van der Waals surface area (Å²) in [6, 6.07) is 6.35. The second-order valence-corrected chi connectivity index (χ2v) is 7.79. The molecule has 0 heterocycles. The summed E-state index contributed by atoms with van der Waals surface area (Å²) in [6.45, 7) is 0.504. The van der Waals surface area contributed by atoms with Crippen molar-refractivity contribution in [1.82, 2.24) is 4.72 Å². The van der Waals surface area contributed by atoms with Crippen molar-refractivity contribution in [3.05, 3.63) is 29.8 Å². The molecular formula is C15H22N2O2S2. The summed E-state index contributed by atoms with van der Waals surface area (Å²) in [5.41, 5.74) is 6.17. The van der Waals surface area contributed by atoms with Crippen molar-refractivity contribution in [2.24, 2.45) is 11.7 Å². The third kappa shape index (κ3) is 4.76. The topological polar surface area (TPSA) is 72.2 Å². The van der Waals surface area contributed by atoms with Gasteiger partial charge in [0.2, 0.25) is 10.0 Å². The number of nitrogens with one attached hydrogen (secondary N) is 1. The highest BCUT2D eigenvalue weighted by atomic mass is 32.2. The molecule has 1 aliphatic rings. The van der Waals surface area contributed by atoms with Gasteiger partial charge in [-0.05, 0) is 24.5 Å². The van der Waals surface area contributed by atoms with E-state index in [4.69, 9.17) is 18.0 Å². The smallest absolute Gasteiger partial charge is 0.240 e. The van der Waals surface area contributed by atoms with Crippen LogP contribution < -0.4 is 10.5 Å². The molecule has 0 aliphatic heterocycles. The minimum Gasteiger partial charge on any atom is -0.389 e. The third-order valence-corrected chi connectivity index (χ3v) is 5.73. The molecule has 21 heavy (non-hydrogen) atoms. The Balaban J connectivity index is 1.90. The second kappa shape index (κ2) is 7.33. The van der Waals surface area contributed by atoms with Crippen LogP contribution in [0.3, 0.4) is 0 Å². The number of hydrogen-bond acceptors (Lipinski definition) is 3. The first-order chi connectivity index (χ1) is 9.99. The van der Waals surface area contributed by atoms with Crippen molar-refractivity contribution >= 4 is 27.2 Å². The molecule has 1 aromatic carbocycles. The molecule has 0 spiro atoms. The molecule has 1 aliphatic carbocycles. The third-order valence-electron chi connectivity index (χ3n) is 4.02. The molecule has 3 N–H and O–H groups in total. The highest BCUT2D eigenvalue weighted by Crippen LogP contribution is 2.25. The second-order valence-electron chi connectivity index (χ2n) is 5.58. The van der Waals surface area contributed by atoms with Gasteiger partial charge in [0.15, 0.2) is 0 Å². The van der Waals surface area contributed by atoms with Gasteiger partial charge < -0.3 is 5.73 Å². The van der Waals surface area contributed by atoms with E-state index in [1.165, 1.54) is 44.2 Å². The Morgan fingerprint density at radius 3 is 2.38 bits per heavy atom. The van der Waals surface area contributed by atoms with Gasteiger partial charge in [-0.15, -0.1) is 0 Å². The summed E-state index contributed by atoms with van der Waals surface area (Å²) >= 11 is 4.85. The lowest BCUT2D eigenvalue weighted by atomic mass is 9.87. The fourth-order valence-corrected chi connectivity index (χ4v) is 3.94. The molecule has 0 radical (unpaired) electrons. The summed E-state index contributed by atoms with van der Waals surface area (Å²) < 4.78 is 27.0. The van der Waals surface area contributed by atoms with E-state index in [1.54, 1.807) is 12.1 Å². The van der Waals surface area contributed by atoms with Gasteiger partial charge >= 0.3 is 0 Å². The van der Waals surface area contributed by atoms with Gasteiger partial charge in [0, 0.05) is 12.1 Å². The van der Waals surface area contributed by atoms with Crippen molar-refractivity contribution in [3.63, 3.8) is 0 Å². The molecule has 116 valence electrons. The lowest BCUT2D eigenvalue weighted by Gasteiger charge is -2.21. The van der Waals surface area contributed by atoms with Crippen LogP contribution in [0.25, 0.3) is 0 Å². The van der Waals surface area contributed by atoms with Crippen molar-refractivity contribution < 1.29 is 8.42 Å². The van der Waals surface area contributed by atoms with Crippen LogP contribution in [0.2, 0.25) is 0 Å². The van der Waals surface area contributed by atoms with E-state index >= 15 is 0 Å². The average molecular weight is 326 g/mol. The predicted molar refractivity (Wildman–Crippen MR) is 88.7 cm³/mol. The van der Waals surface area contributed by atoms with Crippen molar-refractivity contribution in [1.29, 1.82) is 0 Å². The van der Waals surface area contributed by atoms with E-state index < -0.39 is 10.0 Å². The first-order valence-electron chi connectivity index (χ1n) is 7.38. The first kappa shape index (κ1) is 16.4. The Kier molecular flexibility index (Phi) is 5.72. The molecule has 0 bridgehead atoms. The van der Waals surface area contributed by atoms with Crippen LogP contribution in [-0.4, -0.2) is 20.0 Å². The molecule has 0 aromatic heterocycles. The zero-order valence-electron chi connectivity index (χ0n) is 12.0. The lowest BCUT2D eigenvalue weighted by Crippen LogP contribution is -2.26. The monoisotopic (exact) mass is 326 g/mol. The Labute approximate surface area is 132 Å². The summed E-state index contributed by atoms with van der Waals surface area (Å²) in [6.07, 6.45) is 7.24. The summed E-state index contributed by atoms with van der Waals surface area (Å²) in [5, 5.41) is 0. The van der Waals surface area contributed by atoms with Gasteiger partial charge in [-0.2, -0.15) is 0 Å². The molecule has 2 rings (SSSR count). The van der Waals surface area contributed by atoms with E-state index in [-0.39, 0.29) is 9.88 Å². The molecule has 4 nitrogen and oxygen atoms in total. The molecule has 0 atom stereocenters. The summed E-state index contributed by atoms with van der Waals surface area (Å²) in [7, 11) is -3.44. The maximum Gasteiger partial charge on any atom is 0.240 e. The number of thiocarbonyl (C=S) groups is 1. The van der Waals surface area contributed by atoms with E-state index in [0.717, 1.165) is 6.42 Å². The maximum absolute atomic E-state index is 12.2. The molecule has 0 amide bonds. The Hall–Kier alpha value is -0.980. The maximum atomic E-state index is 12.2. The molecule has 0 saturated heterocycles.